The number of hydrogen-bond donors (Lipinski definition) is 3. The van der Waals surface area contributed by atoms with Gasteiger partial charge in [-0.1, -0.05) is 0 Å². The lowest BCUT2D eigenvalue weighted by Gasteiger charge is -2.10. The number of nitrogens with zero attached hydrogens (tertiary/aromatic N) is 1. The van der Waals surface area contributed by atoms with Gasteiger partial charge in [-0.3, -0.25) is 9.59 Å². The molecule has 1 aromatic rings. The second kappa shape index (κ2) is 8.16. The highest BCUT2D eigenvalue weighted by Gasteiger charge is 2.11. The van der Waals surface area contributed by atoms with Crippen LogP contribution in [0.4, 0.5) is 5.69 Å². The highest BCUT2D eigenvalue weighted by atomic mass is 16.5. The summed E-state index contributed by atoms with van der Waals surface area (Å²) in [7, 11) is 2.95. The predicted octanol–water partition coefficient (Wildman–Crippen LogP) is 0.724. The minimum absolute atomic E-state index is 0.254. The maximum absolute atomic E-state index is 11.9. The van der Waals surface area contributed by atoms with Crippen molar-refractivity contribution in [2.24, 2.45) is 0 Å². The van der Waals surface area contributed by atoms with Crippen molar-refractivity contribution >= 4 is 17.6 Å². The van der Waals surface area contributed by atoms with Gasteiger partial charge in [0.2, 0.25) is 0 Å². The Bertz CT molecular complexity index is 634. The maximum Gasteiger partial charge on any atom is 0.322 e. The summed E-state index contributed by atoms with van der Waals surface area (Å²) in [6.07, 6.45) is 1.05. The van der Waals surface area contributed by atoms with Crippen LogP contribution in [0.5, 0.6) is 11.5 Å². The van der Waals surface area contributed by atoms with Gasteiger partial charge in [0.25, 0.3) is 5.91 Å². The summed E-state index contributed by atoms with van der Waals surface area (Å²) < 4.78 is 10.2. The minimum Gasteiger partial charge on any atom is -0.493 e. The normalized spacial score (nSPS) is 10.3. The Balaban J connectivity index is 2.82. The number of amides is 1. The fourth-order valence-corrected chi connectivity index (χ4v) is 1.50. The Labute approximate surface area is 126 Å². The van der Waals surface area contributed by atoms with E-state index < -0.39 is 18.4 Å². The first-order valence-electron chi connectivity index (χ1n) is 6.10. The quantitative estimate of drug-likeness (QED) is 0.501. The number of carbonyl (C=O) groups is 2. The van der Waals surface area contributed by atoms with Crippen LogP contribution in [0.1, 0.15) is 0 Å². The average Bonchev–Trinajstić information content (AvgIpc) is 2.50. The van der Waals surface area contributed by atoms with Gasteiger partial charge in [-0.2, -0.15) is 5.26 Å². The van der Waals surface area contributed by atoms with Crippen LogP contribution in [0.15, 0.2) is 30.0 Å². The van der Waals surface area contributed by atoms with E-state index in [0.717, 1.165) is 6.20 Å². The van der Waals surface area contributed by atoms with Crippen molar-refractivity contribution in [3.05, 3.63) is 30.0 Å². The summed E-state index contributed by atoms with van der Waals surface area (Å²) in [6.45, 7) is -0.394. The van der Waals surface area contributed by atoms with Crippen molar-refractivity contribution in [2.45, 2.75) is 0 Å². The molecule has 1 rings (SSSR count). The number of carboxylic acid groups (broad SMARTS) is 1. The Morgan fingerprint density at radius 1 is 1.32 bits per heavy atom. The van der Waals surface area contributed by atoms with Crippen molar-refractivity contribution in [1.29, 1.82) is 5.26 Å². The Morgan fingerprint density at radius 2 is 2.00 bits per heavy atom. The molecule has 0 saturated heterocycles. The highest BCUT2D eigenvalue weighted by molar-refractivity contribution is 6.06. The smallest absolute Gasteiger partial charge is 0.322 e. The number of aliphatic carboxylic acids is 1. The van der Waals surface area contributed by atoms with Crippen LogP contribution in [0.25, 0.3) is 0 Å². The third-order valence-electron chi connectivity index (χ3n) is 2.51. The fraction of sp³-hybridized carbons (Fsp3) is 0.214. The summed E-state index contributed by atoms with van der Waals surface area (Å²) >= 11 is 0. The van der Waals surface area contributed by atoms with Crippen LogP contribution in [0.2, 0.25) is 0 Å². The van der Waals surface area contributed by atoms with Crippen molar-refractivity contribution in [1.82, 2.24) is 5.32 Å². The number of rotatable bonds is 7. The molecule has 0 fully saturated rings. The van der Waals surface area contributed by atoms with Gasteiger partial charge in [0.1, 0.15) is 18.2 Å². The maximum atomic E-state index is 11.9. The SMILES string of the molecule is COc1ccc(NC(=O)/C(C#N)=C\NCC(=O)O)cc1OC. The van der Waals surface area contributed by atoms with Gasteiger partial charge in [0.05, 0.1) is 14.2 Å². The Morgan fingerprint density at radius 3 is 2.55 bits per heavy atom. The molecule has 0 aliphatic carbocycles. The molecule has 0 saturated carbocycles. The molecule has 116 valence electrons. The third kappa shape index (κ3) is 4.72. The number of hydrogen-bond acceptors (Lipinski definition) is 6. The van der Waals surface area contributed by atoms with Crippen LogP contribution >= 0.6 is 0 Å². The first-order valence-corrected chi connectivity index (χ1v) is 6.10. The van der Waals surface area contributed by atoms with Crippen LogP contribution in [0, 0.1) is 11.3 Å². The molecule has 0 aliphatic rings. The topological polar surface area (TPSA) is 121 Å². The van der Waals surface area contributed by atoms with Gasteiger partial charge < -0.3 is 25.2 Å². The van der Waals surface area contributed by atoms with Crippen molar-refractivity contribution < 1.29 is 24.2 Å². The fourth-order valence-electron chi connectivity index (χ4n) is 1.50. The van der Waals surface area contributed by atoms with Gasteiger partial charge in [-0.15, -0.1) is 0 Å². The second-order valence-corrected chi connectivity index (χ2v) is 3.97. The van der Waals surface area contributed by atoms with Crippen LogP contribution in [-0.4, -0.2) is 37.7 Å². The monoisotopic (exact) mass is 305 g/mol. The first-order chi connectivity index (χ1) is 10.5. The van der Waals surface area contributed by atoms with E-state index in [0.29, 0.717) is 17.2 Å². The van der Waals surface area contributed by atoms with Crippen LogP contribution in [-0.2, 0) is 9.59 Å². The third-order valence-corrected chi connectivity index (χ3v) is 2.51. The average molecular weight is 305 g/mol. The number of ether oxygens (including phenoxy) is 2. The molecule has 1 aromatic carbocycles. The minimum atomic E-state index is -1.10. The lowest BCUT2D eigenvalue weighted by atomic mass is 10.2. The zero-order valence-electron chi connectivity index (χ0n) is 12.0. The lowest BCUT2D eigenvalue weighted by molar-refractivity contribution is -0.135. The number of carboxylic acids is 1. The van der Waals surface area contributed by atoms with E-state index >= 15 is 0 Å². The molecule has 0 aromatic heterocycles. The Hall–Kier alpha value is -3.21. The highest BCUT2D eigenvalue weighted by Crippen LogP contribution is 2.29. The molecular formula is C14H15N3O5. The van der Waals surface area contributed by atoms with Gasteiger partial charge in [-0.25, -0.2) is 0 Å². The Kier molecular flexibility index (Phi) is 6.25. The number of anilines is 1. The van der Waals surface area contributed by atoms with E-state index in [4.69, 9.17) is 19.8 Å². The molecule has 0 unspecified atom stereocenters. The van der Waals surface area contributed by atoms with Crippen LogP contribution < -0.4 is 20.1 Å². The number of nitriles is 1. The van der Waals surface area contributed by atoms with E-state index in [1.165, 1.54) is 20.3 Å². The number of nitrogens with one attached hydrogen (secondary N) is 2. The van der Waals surface area contributed by atoms with E-state index in [1.54, 1.807) is 18.2 Å². The molecule has 0 spiro atoms. The molecule has 0 bridgehead atoms. The zero-order valence-corrected chi connectivity index (χ0v) is 12.0. The summed E-state index contributed by atoms with van der Waals surface area (Å²) in [6, 6.07) is 6.41. The largest absolute Gasteiger partial charge is 0.493 e. The number of methoxy groups -OCH3 is 2. The first kappa shape index (κ1) is 16.8. The molecule has 0 aliphatic heterocycles. The zero-order chi connectivity index (χ0) is 16.5. The molecule has 8 nitrogen and oxygen atoms in total. The molecule has 0 atom stereocenters. The summed E-state index contributed by atoms with van der Waals surface area (Å²) in [5.74, 6) is -0.854. The molecular weight excluding hydrogens is 290 g/mol. The van der Waals surface area contributed by atoms with E-state index in [-0.39, 0.29) is 5.57 Å². The van der Waals surface area contributed by atoms with Crippen LogP contribution in [0.3, 0.4) is 0 Å². The molecule has 0 heterocycles. The summed E-state index contributed by atoms with van der Waals surface area (Å²) in [5, 5.41) is 22.2. The number of benzene rings is 1. The van der Waals surface area contributed by atoms with E-state index in [2.05, 4.69) is 10.6 Å². The summed E-state index contributed by atoms with van der Waals surface area (Å²) in [4.78, 5) is 22.3. The summed E-state index contributed by atoms with van der Waals surface area (Å²) in [5.41, 5.74) is 0.151. The second-order valence-electron chi connectivity index (χ2n) is 3.97. The van der Waals surface area contributed by atoms with Crippen molar-refractivity contribution in [3.8, 4) is 17.6 Å². The van der Waals surface area contributed by atoms with Crippen molar-refractivity contribution in [3.63, 3.8) is 0 Å². The van der Waals surface area contributed by atoms with Gasteiger partial charge in [0.15, 0.2) is 11.5 Å². The molecule has 22 heavy (non-hydrogen) atoms. The number of carbonyl (C=O) groups excluding carboxylic acids is 1. The molecule has 8 heteroatoms. The van der Waals surface area contributed by atoms with Crippen molar-refractivity contribution in [2.75, 3.05) is 26.1 Å². The molecule has 3 N–H and O–H groups in total. The standard InChI is InChI=1S/C14H15N3O5/c1-21-11-4-3-10(5-12(11)22-2)17-14(20)9(6-15)7-16-8-13(18)19/h3-5,7,16H,8H2,1-2H3,(H,17,20)(H,18,19)/b9-7-. The van der Waals surface area contributed by atoms with E-state index in [9.17, 15) is 9.59 Å². The molecule has 0 radical (unpaired) electrons. The molecule has 1 amide bonds. The predicted molar refractivity (Wildman–Crippen MR) is 77.5 cm³/mol. The van der Waals surface area contributed by atoms with Gasteiger partial charge in [-0.05, 0) is 12.1 Å². The lowest BCUT2D eigenvalue weighted by Crippen LogP contribution is -2.20. The van der Waals surface area contributed by atoms with Gasteiger partial charge >= 0.3 is 5.97 Å². The van der Waals surface area contributed by atoms with E-state index in [1.807, 2.05) is 0 Å². The van der Waals surface area contributed by atoms with Gasteiger partial charge in [0, 0.05) is 18.0 Å².